The lowest BCUT2D eigenvalue weighted by atomic mass is 9.65. The van der Waals surface area contributed by atoms with Gasteiger partial charge >= 0.3 is 0 Å². The highest BCUT2D eigenvalue weighted by molar-refractivity contribution is 5.64. The molecule has 5 rings (SSSR count). The van der Waals surface area contributed by atoms with E-state index < -0.39 is 0 Å². The van der Waals surface area contributed by atoms with Crippen molar-refractivity contribution >= 4 is 0 Å². The van der Waals surface area contributed by atoms with Gasteiger partial charge in [0.25, 0.3) is 0 Å². The molecule has 0 aromatic heterocycles. The maximum absolute atomic E-state index is 5.79. The van der Waals surface area contributed by atoms with E-state index in [1.165, 1.54) is 30.4 Å². The summed E-state index contributed by atoms with van der Waals surface area (Å²) in [7, 11) is 3.30. The molecule has 0 radical (unpaired) electrons. The van der Waals surface area contributed by atoms with E-state index in [4.69, 9.17) is 28.7 Å². The predicted octanol–water partition coefficient (Wildman–Crippen LogP) is 7.94. The highest BCUT2D eigenvalue weighted by Gasteiger charge is 2.35. The monoisotopic (exact) mass is 540 g/mol. The van der Waals surface area contributed by atoms with E-state index in [1.807, 2.05) is 60.7 Å². The molecule has 0 saturated heterocycles. The van der Waals surface area contributed by atoms with Crippen molar-refractivity contribution in [1.82, 2.24) is 0 Å². The number of rotatable bonds is 12. The Morgan fingerprint density at radius 3 is 1.52 bits per heavy atom. The summed E-state index contributed by atoms with van der Waals surface area (Å²) in [4.78, 5) is 10.7. The van der Waals surface area contributed by atoms with Crippen LogP contribution in [-0.2, 0) is 15.0 Å². The second-order valence-corrected chi connectivity index (χ2v) is 9.96. The third-order valence-corrected chi connectivity index (χ3v) is 7.57. The van der Waals surface area contributed by atoms with Gasteiger partial charge in [0.15, 0.2) is 12.5 Å². The Morgan fingerprint density at radius 1 is 0.525 bits per heavy atom. The van der Waals surface area contributed by atoms with Gasteiger partial charge in [0, 0.05) is 12.5 Å². The first-order valence-corrected chi connectivity index (χ1v) is 13.7. The second-order valence-electron chi connectivity index (χ2n) is 9.96. The average Bonchev–Trinajstić information content (AvgIpc) is 3.03. The smallest absolute Gasteiger partial charge is 0.232 e. The van der Waals surface area contributed by atoms with Crippen LogP contribution in [0.15, 0.2) is 97.1 Å². The van der Waals surface area contributed by atoms with Crippen molar-refractivity contribution < 1.29 is 28.7 Å². The molecule has 4 aromatic carbocycles. The Kier molecular flexibility index (Phi) is 9.22. The molecule has 0 spiro atoms. The summed E-state index contributed by atoms with van der Waals surface area (Å²) in [6.45, 7) is 0.208. The fourth-order valence-electron chi connectivity index (χ4n) is 5.44. The third kappa shape index (κ3) is 6.58. The Hall–Kier alpha value is -4.00. The molecule has 40 heavy (non-hydrogen) atoms. The molecule has 6 nitrogen and oxygen atoms in total. The van der Waals surface area contributed by atoms with E-state index in [9.17, 15) is 0 Å². The third-order valence-electron chi connectivity index (χ3n) is 7.57. The van der Waals surface area contributed by atoms with Gasteiger partial charge in [-0.05, 0) is 83.6 Å². The van der Waals surface area contributed by atoms with Gasteiger partial charge in [0.2, 0.25) is 6.79 Å². The number of hydrogen-bond acceptors (Lipinski definition) is 6. The van der Waals surface area contributed by atoms with Gasteiger partial charge in [-0.3, -0.25) is 0 Å². The van der Waals surface area contributed by atoms with E-state index in [2.05, 4.69) is 36.4 Å². The van der Waals surface area contributed by atoms with E-state index in [0.717, 1.165) is 41.2 Å². The fraction of sp³-hybridized carbons (Fsp3) is 0.294. The zero-order valence-corrected chi connectivity index (χ0v) is 23.1. The van der Waals surface area contributed by atoms with Gasteiger partial charge in [-0.1, -0.05) is 67.8 Å². The van der Waals surface area contributed by atoms with Gasteiger partial charge in [0.05, 0.1) is 7.11 Å². The van der Waals surface area contributed by atoms with Crippen molar-refractivity contribution in [3.8, 4) is 34.1 Å². The predicted molar refractivity (Wildman–Crippen MR) is 155 cm³/mol. The van der Waals surface area contributed by atoms with Gasteiger partial charge in [-0.15, -0.1) is 4.89 Å². The first-order valence-electron chi connectivity index (χ1n) is 13.7. The summed E-state index contributed by atoms with van der Waals surface area (Å²) < 4.78 is 21.5. The van der Waals surface area contributed by atoms with Gasteiger partial charge in [-0.25, -0.2) is 0 Å². The van der Waals surface area contributed by atoms with E-state index in [0.29, 0.717) is 5.75 Å². The fourth-order valence-corrected chi connectivity index (χ4v) is 5.44. The zero-order valence-electron chi connectivity index (χ0n) is 23.1. The number of ether oxygens (including phenoxy) is 4. The van der Waals surface area contributed by atoms with Gasteiger partial charge < -0.3 is 23.8 Å². The maximum Gasteiger partial charge on any atom is 0.232 e. The summed E-state index contributed by atoms with van der Waals surface area (Å²) in [5.74, 6) is 2.98. The first kappa shape index (κ1) is 27.6. The summed E-state index contributed by atoms with van der Waals surface area (Å²) in [6.07, 6.45) is 6.03. The average molecular weight is 541 g/mol. The zero-order chi connectivity index (χ0) is 27.6. The molecule has 0 amide bonds. The Bertz CT molecular complexity index is 1310. The summed E-state index contributed by atoms with van der Waals surface area (Å²) >= 11 is 0. The van der Waals surface area contributed by atoms with Crippen LogP contribution in [0, 0.1) is 0 Å². The number of methoxy groups -OCH3 is 2. The van der Waals surface area contributed by atoms with E-state index in [1.54, 1.807) is 14.2 Å². The molecule has 0 aliphatic heterocycles. The minimum atomic E-state index is -0.0202. The largest absolute Gasteiger partial charge is 0.497 e. The standard InChI is InChI=1S/C34H36O6/c1-35-24-37-31-14-6-26(7-15-31)27-8-16-33(17-9-27)40-39-25-38-32-20-12-29(13-21-32)34(22-4-3-5-23-34)28-10-18-30(36-2)19-11-28/h6-21H,3-5,22-25H2,1-2H3. The van der Waals surface area contributed by atoms with Crippen molar-refractivity contribution in [3.05, 3.63) is 108 Å². The normalized spacial score (nSPS) is 14.3. The molecule has 1 aliphatic rings. The van der Waals surface area contributed by atoms with Crippen LogP contribution in [0.4, 0.5) is 0 Å². The van der Waals surface area contributed by atoms with Gasteiger partial charge in [-0.2, -0.15) is 0 Å². The SMILES string of the molecule is COCOc1ccc(-c2ccc(OOCOc3ccc(C4(c5ccc(OC)cc5)CCCCC4)cc3)cc2)cc1. The lowest BCUT2D eigenvalue weighted by Gasteiger charge is -2.38. The molecule has 0 heterocycles. The van der Waals surface area contributed by atoms with Gasteiger partial charge in [0.1, 0.15) is 17.2 Å². The highest BCUT2D eigenvalue weighted by Crippen LogP contribution is 2.45. The second kappa shape index (κ2) is 13.4. The summed E-state index contributed by atoms with van der Waals surface area (Å²) in [6, 6.07) is 32.5. The molecular weight excluding hydrogens is 504 g/mol. The number of benzene rings is 4. The quantitative estimate of drug-likeness (QED) is 0.0787. The van der Waals surface area contributed by atoms with Crippen molar-refractivity contribution in [1.29, 1.82) is 0 Å². The minimum absolute atomic E-state index is 0.0202. The van der Waals surface area contributed by atoms with Crippen molar-refractivity contribution in [2.24, 2.45) is 0 Å². The highest BCUT2D eigenvalue weighted by atomic mass is 17.2. The Labute approximate surface area is 236 Å². The Balaban J connectivity index is 1.14. The molecule has 6 heteroatoms. The van der Waals surface area contributed by atoms with Crippen molar-refractivity contribution in [2.75, 3.05) is 27.8 Å². The molecule has 0 bridgehead atoms. The molecular formula is C34H36O6. The maximum atomic E-state index is 5.79. The van der Waals surface area contributed by atoms with Crippen molar-refractivity contribution in [3.63, 3.8) is 0 Å². The van der Waals surface area contributed by atoms with Crippen LogP contribution >= 0.6 is 0 Å². The van der Waals surface area contributed by atoms with Crippen LogP contribution in [0.5, 0.6) is 23.0 Å². The molecule has 4 aromatic rings. The Morgan fingerprint density at radius 2 is 1.00 bits per heavy atom. The molecule has 0 N–H and O–H groups in total. The van der Waals surface area contributed by atoms with Crippen LogP contribution in [0.1, 0.15) is 43.2 Å². The topological polar surface area (TPSA) is 55.4 Å². The summed E-state index contributed by atoms with van der Waals surface area (Å²) in [5.41, 5.74) is 4.82. The van der Waals surface area contributed by atoms with Crippen LogP contribution in [0.2, 0.25) is 0 Å². The lowest BCUT2D eigenvalue weighted by molar-refractivity contribution is -0.246. The molecule has 208 valence electrons. The molecule has 0 unspecified atom stereocenters. The van der Waals surface area contributed by atoms with Crippen LogP contribution < -0.4 is 19.1 Å². The van der Waals surface area contributed by atoms with Crippen molar-refractivity contribution in [2.45, 2.75) is 37.5 Å². The van der Waals surface area contributed by atoms with Crippen LogP contribution in [0.25, 0.3) is 11.1 Å². The number of hydrogen-bond donors (Lipinski definition) is 0. The van der Waals surface area contributed by atoms with Crippen LogP contribution in [0.3, 0.4) is 0 Å². The summed E-state index contributed by atoms with van der Waals surface area (Å²) in [5, 5.41) is 0. The van der Waals surface area contributed by atoms with Crippen LogP contribution in [-0.4, -0.2) is 27.8 Å². The van der Waals surface area contributed by atoms with E-state index in [-0.39, 0.29) is 19.0 Å². The molecule has 1 aliphatic carbocycles. The lowest BCUT2D eigenvalue weighted by Crippen LogP contribution is -2.30. The molecule has 1 saturated carbocycles. The molecule has 0 atom stereocenters. The minimum Gasteiger partial charge on any atom is -0.497 e. The van der Waals surface area contributed by atoms with E-state index >= 15 is 0 Å². The first-order chi connectivity index (χ1) is 19.7. The molecule has 1 fully saturated rings.